The number of ether oxygens (including phenoxy) is 1. The Hall–Kier alpha value is -1.40. The van der Waals surface area contributed by atoms with E-state index in [-0.39, 0.29) is 23.4 Å². The number of methoxy groups -OCH3 is 1. The molecule has 0 spiro atoms. The molecule has 0 bridgehead atoms. The van der Waals surface area contributed by atoms with Gasteiger partial charge in [-0.25, -0.2) is 8.42 Å². The van der Waals surface area contributed by atoms with E-state index in [2.05, 4.69) is 4.90 Å². The van der Waals surface area contributed by atoms with E-state index in [1.807, 2.05) is 30.3 Å². The first kappa shape index (κ1) is 14.5. The third kappa shape index (κ3) is 2.58. The Kier molecular flexibility index (Phi) is 3.53. The quantitative estimate of drug-likeness (QED) is 0.769. The van der Waals surface area contributed by atoms with Crippen molar-refractivity contribution in [2.24, 2.45) is 11.3 Å². The maximum atomic E-state index is 12.2. The molecule has 0 aliphatic carbocycles. The summed E-state index contributed by atoms with van der Waals surface area (Å²) < 4.78 is 28.7. The molecular weight excluding hydrogens is 290 g/mol. The summed E-state index contributed by atoms with van der Waals surface area (Å²) in [6.45, 7) is 1.82. The molecule has 5 nitrogen and oxygen atoms in total. The van der Waals surface area contributed by atoms with Crippen molar-refractivity contribution in [2.45, 2.75) is 6.54 Å². The van der Waals surface area contributed by atoms with Gasteiger partial charge < -0.3 is 4.74 Å². The lowest BCUT2D eigenvalue weighted by molar-refractivity contribution is -0.152. The first-order valence-electron chi connectivity index (χ1n) is 7.00. The van der Waals surface area contributed by atoms with Gasteiger partial charge >= 0.3 is 5.97 Å². The zero-order chi connectivity index (χ0) is 15.1. The van der Waals surface area contributed by atoms with Gasteiger partial charge in [0, 0.05) is 25.6 Å². The number of carbonyl (C=O) groups excluding carboxylic acids is 1. The van der Waals surface area contributed by atoms with Crippen molar-refractivity contribution in [3.63, 3.8) is 0 Å². The van der Waals surface area contributed by atoms with Crippen molar-refractivity contribution < 1.29 is 17.9 Å². The van der Waals surface area contributed by atoms with Gasteiger partial charge in [0.2, 0.25) is 0 Å². The van der Waals surface area contributed by atoms with Crippen molar-refractivity contribution in [1.82, 2.24) is 4.90 Å². The Balaban J connectivity index is 1.81. The molecule has 2 fully saturated rings. The average Bonchev–Trinajstić information content (AvgIpc) is 2.88. The van der Waals surface area contributed by atoms with Crippen molar-refractivity contribution in [2.75, 3.05) is 31.7 Å². The van der Waals surface area contributed by atoms with Crippen molar-refractivity contribution in [3.05, 3.63) is 35.9 Å². The van der Waals surface area contributed by atoms with Crippen LogP contribution in [0.15, 0.2) is 30.3 Å². The minimum Gasteiger partial charge on any atom is -0.469 e. The molecular formula is C15H19NO4S. The predicted octanol–water partition coefficient (Wildman–Crippen LogP) is 0.706. The smallest absolute Gasteiger partial charge is 0.314 e. The van der Waals surface area contributed by atoms with Crippen LogP contribution < -0.4 is 0 Å². The molecule has 0 aromatic heterocycles. The molecule has 6 heteroatoms. The molecule has 2 atom stereocenters. The van der Waals surface area contributed by atoms with Crippen LogP contribution in [0.1, 0.15) is 5.56 Å². The molecule has 0 saturated carbocycles. The minimum atomic E-state index is -3.14. The van der Waals surface area contributed by atoms with Gasteiger partial charge in [-0.1, -0.05) is 30.3 Å². The highest BCUT2D eigenvalue weighted by Crippen LogP contribution is 2.45. The van der Waals surface area contributed by atoms with E-state index in [0.29, 0.717) is 13.1 Å². The largest absolute Gasteiger partial charge is 0.469 e. The number of nitrogens with zero attached hydrogens (tertiary/aromatic N) is 1. The number of hydrogen-bond acceptors (Lipinski definition) is 5. The summed E-state index contributed by atoms with van der Waals surface area (Å²) in [5.74, 6) is -0.529. The van der Waals surface area contributed by atoms with Crippen molar-refractivity contribution in [3.8, 4) is 0 Å². The topological polar surface area (TPSA) is 63.7 Å². The van der Waals surface area contributed by atoms with E-state index < -0.39 is 15.3 Å². The van der Waals surface area contributed by atoms with Gasteiger partial charge in [0.15, 0.2) is 9.84 Å². The number of fused-ring (bicyclic) bond motifs is 1. The van der Waals surface area contributed by atoms with E-state index in [9.17, 15) is 13.2 Å². The van der Waals surface area contributed by atoms with Crippen LogP contribution in [0.4, 0.5) is 0 Å². The molecule has 114 valence electrons. The maximum absolute atomic E-state index is 12.2. The van der Waals surface area contributed by atoms with Crippen LogP contribution >= 0.6 is 0 Å². The predicted molar refractivity (Wildman–Crippen MR) is 78.3 cm³/mol. The van der Waals surface area contributed by atoms with Gasteiger partial charge in [-0.3, -0.25) is 9.69 Å². The van der Waals surface area contributed by atoms with Crippen molar-refractivity contribution in [1.29, 1.82) is 0 Å². The summed E-state index contributed by atoms with van der Waals surface area (Å²) in [5, 5.41) is 0. The second kappa shape index (κ2) is 5.10. The van der Waals surface area contributed by atoms with Crippen LogP contribution in [0.3, 0.4) is 0 Å². The molecule has 2 aliphatic rings. The first-order valence-corrected chi connectivity index (χ1v) is 8.82. The van der Waals surface area contributed by atoms with E-state index in [0.717, 1.165) is 6.54 Å². The van der Waals surface area contributed by atoms with Gasteiger partial charge in [0.25, 0.3) is 0 Å². The highest BCUT2D eigenvalue weighted by atomic mass is 32.2. The third-order valence-corrected chi connectivity index (χ3v) is 6.40. The zero-order valence-corrected chi connectivity index (χ0v) is 12.8. The second-order valence-electron chi connectivity index (χ2n) is 6.05. The number of benzene rings is 1. The van der Waals surface area contributed by atoms with Crippen LogP contribution in [0.25, 0.3) is 0 Å². The van der Waals surface area contributed by atoms with Gasteiger partial charge in [0.05, 0.1) is 24.0 Å². The zero-order valence-electron chi connectivity index (χ0n) is 12.0. The molecule has 2 heterocycles. The van der Waals surface area contributed by atoms with Crippen LogP contribution in [-0.4, -0.2) is 51.0 Å². The molecule has 2 saturated heterocycles. The number of hydrogen-bond donors (Lipinski definition) is 0. The summed E-state index contributed by atoms with van der Waals surface area (Å²) in [6, 6.07) is 10.00. The number of sulfone groups is 1. The third-order valence-electron chi connectivity index (χ3n) is 4.54. The Morgan fingerprint density at radius 2 is 2.10 bits per heavy atom. The van der Waals surface area contributed by atoms with Crippen LogP contribution in [0.5, 0.6) is 0 Å². The van der Waals surface area contributed by atoms with Crippen LogP contribution in [0.2, 0.25) is 0 Å². The normalized spacial score (nSPS) is 31.0. The number of likely N-dealkylation sites (tertiary alicyclic amines) is 1. The van der Waals surface area contributed by atoms with Gasteiger partial charge in [0.1, 0.15) is 0 Å². The van der Waals surface area contributed by atoms with Crippen LogP contribution in [0, 0.1) is 11.3 Å². The molecule has 2 aliphatic heterocycles. The van der Waals surface area contributed by atoms with E-state index in [1.165, 1.54) is 12.7 Å². The maximum Gasteiger partial charge on any atom is 0.314 e. The summed E-state index contributed by atoms with van der Waals surface area (Å²) in [4.78, 5) is 14.3. The second-order valence-corrected chi connectivity index (χ2v) is 8.16. The average molecular weight is 309 g/mol. The SMILES string of the molecule is COC(=O)[C@@]12CN(Cc3ccccc3)C[C@@H]1CS(=O)(=O)C2. The molecule has 21 heavy (non-hydrogen) atoms. The lowest BCUT2D eigenvalue weighted by Gasteiger charge is -2.24. The molecule has 0 radical (unpaired) electrons. The Bertz CT molecular complexity index is 643. The number of rotatable bonds is 3. The summed E-state index contributed by atoms with van der Waals surface area (Å²) in [5.41, 5.74) is 0.294. The van der Waals surface area contributed by atoms with E-state index >= 15 is 0 Å². The lowest BCUT2D eigenvalue weighted by Crippen LogP contribution is -2.40. The van der Waals surface area contributed by atoms with Gasteiger partial charge in [-0.15, -0.1) is 0 Å². The fourth-order valence-corrected chi connectivity index (χ4v) is 6.05. The molecule has 0 unspecified atom stereocenters. The Labute approximate surface area is 124 Å². The number of carbonyl (C=O) groups is 1. The van der Waals surface area contributed by atoms with Gasteiger partial charge in [-0.2, -0.15) is 0 Å². The fraction of sp³-hybridized carbons (Fsp3) is 0.533. The molecule has 3 rings (SSSR count). The van der Waals surface area contributed by atoms with E-state index in [4.69, 9.17) is 4.74 Å². The summed E-state index contributed by atoms with van der Waals surface area (Å²) in [7, 11) is -1.81. The van der Waals surface area contributed by atoms with Gasteiger partial charge in [-0.05, 0) is 5.56 Å². The summed E-state index contributed by atoms with van der Waals surface area (Å²) >= 11 is 0. The summed E-state index contributed by atoms with van der Waals surface area (Å²) in [6.07, 6.45) is 0. The van der Waals surface area contributed by atoms with E-state index in [1.54, 1.807) is 0 Å². The highest BCUT2D eigenvalue weighted by Gasteiger charge is 2.60. The Morgan fingerprint density at radius 3 is 2.76 bits per heavy atom. The first-order chi connectivity index (χ1) is 9.95. The molecule has 1 aromatic carbocycles. The minimum absolute atomic E-state index is 0.0807. The highest BCUT2D eigenvalue weighted by molar-refractivity contribution is 7.91. The number of esters is 1. The molecule has 1 aromatic rings. The fourth-order valence-electron chi connectivity index (χ4n) is 3.67. The molecule has 0 amide bonds. The lowest BCUT2D eigenvalue weighted by atomic mass is 9.81. The standard InChI is InChI=1S/C15H19NO4S/c1-20-14(17)15-10-16(7-12-5-3-2-4-6-12)8-13(15)9-21(18,19)11-15/h2-6,13H,7-11H2,1H3/t13-,15-/m1/s1. The monoisotopic (exact) mass is 309 g/mol. The van der Waals surface area contributed by atoms with Crippen LogP contribution in [-0.2, 0) is 25.9 Å². The molecule has 0 N–H and O–H groups in total. The van der Waals surface area contributed by atoms with Crippen molar-refractivity contribution >= 4 is 15.8 Å². The Morgan fingerprint density at radius 1 is 1.38 bits per heavy atom.